The van der Waals surface area contributed by atoms with Crippen LogP contribution in [0.1, 0.15) is 52.4 Å². The smallest absolute Gasteiger partial charge is 0.102 e. The molecule has 1 unspecified atom stereocenters. The molecule has 2 heteroatoms. The van der Waals surface area contributed by atoms with Crippen LogP contribution in [0.2, 0.25) is 0 Å². The van der Waals surface area contributed by atoms with Gasteiger partial charge in [0, 0.05) is 19.0 Å². The molecule has 0 aromatic heterocycles. The minimum atomic E-state index is 0.675. The number of amidine groups is 1. The van der Waals surface area contributed by atoms with Crippen molar-refractivity contribution in [2.24, 2.45) is 10.9 Å². The van der Waals surface area contributed by atoms with Crippen LogP contribution in [0.25, 0.3) is 0 Å². The molecule has 0 radical (unpaired) electrons. The molecule has 0 bridgehead atoms. The number of hydrogen-bond donors (Lipinski definition) is 0. The predicted molar refractivity (Wildman–Crippen MR) is 76.6 cm³/mol. The van der Waals surface area contributed by atoms with E-state index >= 15 is 0 Å². The van der Waals surface area contributed by atoms with E-state index in [1.807, 2.05) is 6.08 Å². The van der Waals surface area contributed by atoms with Crippen molar-refractivity contribution in [1.82, 2.24) is 4.90 Å². The second kappa shape index (κ2) is 8.32. The molecular formula is C15H28N2. The van der Waals surface area contributed by atoms with Crippen LogP contribution < -0.4 is 0 Å². The lowest BCUT2D eigenvalue weighted by Crippen LogP contribution is -2.33. The van der Waals surface area contributed by atoms with Crippen molar-refractivity contribution in [3.05, 3.63) is 12.7 Å². The van der Waals surface area contributed by atoms with E-state index in [0.29, 0.717) is 5.92 Å². The highest BCUT2D eigenvalue weighted by Gasteiger charge is 2.22. The fourth-order valence-electron chi connectivity index (χ4n) is 2.56. The van der Waals surface area contributed by atoms with Gasteiger partial charge in [-0.3, -0.25) is 4.99 Å². The lowest BCUT2D eigenvalue weighted by atomic mass is 9.96. The summed E-state index contributed by atoms with van der Waals surface area (Å²) >= 11 is 0. The normalized spacial score (nSPS) is 17.1. The number of aliphatic imine (C=N–C) groups is 1. The van der Waals surface area contributed by atoms with Crippen LogP contribution in [0.15, 0.2) is 17.6 Å². The molecule has 1 heterocycles. The third kappa shape index (κ3) is 4.53. The zero-order valence-electron chi connectivity index (χ0n) is 11.6. The zero-order valence-corrected chi connectivity index (χ0v) is 11.6. The summed E-state index contributed by atoms with van der Waals surface area (Å²) in [7, 11) is 0. The summed E-state index contributed by atoms with van der Waals surface area (Å²) in [5.41, 5.74) is 0. The summed E-state index contributed by atoms with van der Waals surface area (Å²) in [5.74, 6) is 2.03. The molecular weight excluding hydrogens is 208 g/mol. The summed E-state index contributed by atoms with van der Waals surface area (Å²) < 4.78 is 0. The summed E-state index contributed by atoms with van der Waals surface area (Å²) in [6.07, 6.45) is 9.95. The molecule has 0 aromatic carbocycles. The van der Waals surface area contributed by atoms with Crippen LogP contribution in [0.4, 0.5) is 0 Å². The van der Waals surface area contributed by atoms with Crippen molar-refractivity contribution in [3.8, 4) is 0 Å². The summed E-state index contributed by atoms with van der Waals surface area (Å²) in [6.45, 7) is 11.4. The molecule has 2 nitrogen and oxygen atoms in total. The van der Waals surface area contributed by atoms with Crippen molar-refractivity contribution >= 4 is 5.84 Å². The van der Waals surface area contributed by atoms with Crippen LogP contribution in [-0.4, -0.2) is 30.4 Å². The quantitative estimate of drug-likeness (QED) is 0.438. The summed E-state index contributed by atoms with van der Waals surface area (Å²) in [6, 6.07) is 0. The van der Waals surface area contributed by atoms with Gasteiger partial charge in [0.25, 0.3) is 0 Å². The summed E-state index contributed by atoms with van der Waals surface area (Å²) in [4.78, 5) is 7.10. The molecule has 1 rings (SSSR count). The van der Waals surface area contributed by atoms with E-state index in [-0.39, 0.29) is 0 Å². The van der Waals surface area contributed by atoms with Gasteiger partial charge < -0.3 is 4.90 Å². The first-order valence-electron chi connectivity index (χ1n) is 7.23. The van der Waals surface area contributed by atoms with Gasteiger partial charge in [0.1, 0.15) is 5.84 Å². The fourth-order valence-corrected chi connectivity index (χ4v) is 2.56. The van der Waals surface area contributed by atoms with Gasteiger partial charge in [0.05, 0.1) is 6.54 Å². The molecule has 98 valence electrons. The van der Waals surface area contributed by atoms with E-state index in [2.05, 4.69) is 25.3 Å². The van der Waals surface area contributed by atoms with Crippen molar-refractivity contribution in [1.29, 1.82) is 0 Å². The van der Waals surface area contributed by atoms with Crippen LogP contribution in [-0.2, 0) is 0 Å². The third-order valence-corrected chi connectivity index (χ3v) is 3.58. The largest absolute Gasteiger partial charge is 0.355 e. The number of nitrogens with zero attached hydrogens (tertiary/aromatic N) is 2. The van der Waals surface area contributed by atoms with E-state index in [4.69, 9.17) is 4.99 Å². The molecule has 0 N–H and O–H groups in total. The minimum absolute atomic E-state index is 0.675. The maximum Gasteiger partial charge on any atom is 0.102 e. The Labute approximate surface area is 107 Å². The molecule has 0 aromatic rings. The van der Waals surface area contributed by atoms with Gasteiger partial charge in [-0.15, -0.1) is 6.58 Å². The number of rotatable bonds is 9. The van der Waals surface area contributed by atoms with Crippen molar-refractivity contribution < 1.29 is 0 Å². The molecule has 17 heavy (non-hydrogen) atoms. The Morgan fingerprint density at radius 3 is 2.82 bits per heavy atom. The molecule has 1 aliphatic heterocycles. The molecule has 0 aliphatic carbocycles. The van der Waals surface area contributed by atoms with Crippen LogP contribution in [0.3, 0.4) is 0 Å². The van der Waals surface area contributed by atoms with Crippen LogP contribution in [0.5, 0.6) is 0 Å². The average molecular weight is 236 g/mol. The van der Waals surface area contributed by atoms with Gasteiger partial charge in [0.15, 0.2) is 0 Å². The van der Waals surface area contributed by atoms with Gasteiger partial charge in [-0.25, -0.2) is 0 Å². The maximum absolute atomic E-state index is 4.70. The average Bonchev–Trinajstić information content (AvgIpc) is 2.78. The Morgan fingerprint density at radius 1 is 1.35 bits per heavy atom. The highest BCUT2D eigenvalue weighted by molar-refractivity contribution is 5.86. The molecule has 1 aliphatic rings. The molecule has 0 saturated heterocycles. The third-order valence-electron chi connectivity index (χ3n) is 3.58. The van der Waals surface area contributed by atoms with Gasteiger partial charge in [-0.2, -0.15) is 0 Å². The van der Waals surface area contributed by atoms with Crippen molar-refractivity contribution in [3.63, 3.8) is 0 Å². The van der Waals surface area contributed by atoms with Gasteiger partial charge in [0.2, 0.25) is 0 Å². The molecule has 1 atom stereocenters. The van der Waals surface area contributed by atoms with E-state index in [9.17, 15) is 0 Å². The standard InChI is InChI=1S/C15H28N2/c1-4-7-8-9-10-14(6-3)15-16-11-13-17(15)12-5-2/h5,14H,2,4,6-13H2,1,3H3. The fraction of sp³-hybridized carbons (Fsp3) is 0.800. The lowest BCUT2D eigenvalue weighted by Gasteiger charge is -2.25. The van der Waals surface area contributed by atoms with E-state index in [0.717, 1.165) is 19.6 Å². The van der Waals surface area contributed by atoms with Crippen LogP contribution in [0, 0.1) is 5.92 Å². The van der Waals surface area contributed by atoms with Crippen LogP contribution >= 0.6 is 0 Å². The van der Waals surface area contributed by atoms with E-state index < -0.39 is 0 Å². The topological polar surface area (TPSA) is 15.6 Å². The van der Waals surface area contributed by atoms with Gasteiger partial charge >= 0.3 is 0 Å². The Balaban J connectivity index is 2.40. The SMILES string of the molecule is C=CCN1CCN=C1C(CC)CCCCCC. The first-order valence-corrected chi connectivity index (χ1v) is 7.23. The molecule has 0 fully saturated rings. The Bertz CT molecular complexity index is 245. The number of hydrogen-bond acceptors (Lipinski definition) is 2. The number of unbranched alkanes of at least 4 members (excludes halogenated alkanes) is 3. The Hall–Kier alpha value is -0.790. The van der Waals surface area contributed by atoms with Crippen molar-refractivity contribution in [2.45, 2.75) is 52.4 Å². The molecule has 0 saturated carbocycles. The zero-order chi connectivity index (χ0) is 12.5. The highest BCUT2D eigenvalue weighted by Crippen LogP contribution is 2.20. The monoisotopic (exact) mass is 236 g/mol. The minimum Gasteiger partial charge on any atom is -0.355 e. The maximum atomic E-state index is 4.70. The summed E-state index contributed by atoms with van der Waals surface area (Å²) in [5, 5.41) is 0. The van der Waals surface area contributed by atoms with E-state index in [1.165, 1.54) is 44.4 Å². The van der Waals surface area contributed by atoms with Gasteiger partial charge in [-0.05, 0) is 12.8 Å². The second-order valence-corrected chi connectivity index (χ2v) is 4.93. The second-order valence-electron chi connectivity index (χ2n) is 4.93. The predicted octanol–water partition coefficient (Wildman–Crippen LogP) is 3.88. The van der Waals surface area contributed by atoms with Crippen molar-refractivity contribution in [2.75, 3.05) is 19.6 Å². The Kier molecular flexibility index (Phi) is 6.99. The van der Waals surface area contributed by atoms with E-state index in [1.54, 1.807) is 0 Å². The first-order chi connectivity index (χ1) is 8.33. The molecule has 0 spiro atoms. The lowest BCUT2D eigenvalue weighted by molar-refractivity contribution is 0.446. The van der Waals surface area contributed by atoms with Gasteiger partial charge in [-0.1, -0.05) is 45.6 Å². The molecule has 0 amide bonds. The first kappa shape index (κ1) is 14.3. The Morgan fingerprint density at radius 2 is 2.18 bits per heavy atom. The highest BCUT2D eigenvalue weighted by atomic mass is 15.2.